The lowest BCUT2D eigenvalue weighted by Gasteiger charge is -2.21. The smallest absolute Gasteiger partial charge is 0.340 e. The molecule has 0 saturated carbocycles. The molecule has 0 fully saturated rings. The number of carbonyl (C=O) groups is 2. The maximum absolute atomic E-state index is 12.5. The van der Waals surface area contributed by atoms with Gasteiger partial charge in [0.15, 0.2) is 11.8 Å². The van der Waals surface area contributed by atoms with Crippen LogP contribution in [0.3, 0.4) is 0 Å². The lowest BCUT2D eigenvalue weighted by molar-refractivity contribution is -0.139. The van der Waals surface area contributed by atoms with Gasteiger partial charge in [0.05, 0.1) is 11.3 Å². The summed E-state index contributed by atoms with van der Waals surface area (Å²) in [6.45, 7) is 3.87. The number of ether oxygens (including phenoxy) is 1. The van der Waals surface area contributed by atoms with Gasteiger partial charge in [0.25, 0.3) is 5.91 Å². The molecule has 1 unspecified atom stereocenters. The van der Waals surface area contributed by atoms with E-state index in [9.17, 15) is 9.59 Å². The Morgan fingerprint density at radius 2 is 1.96 bits per heavy atom. The minimum absolute atomic E-state index is 0.265. The van der Waals surface area contributed by atoms with Crippen LogP contribution in [-0.4, -0.2) is 44.7 Å². The fourth-order valence-corrected chi connectivity index (χ4v) is 2.94. The van der Waals surface area contributed by atoms with Gasteiger partial charge in [-0.1, -0.05) is 30.3 Å². The van der Waals surface area contributed by atoms with Crippen LogP contribution >= 0.6 is 0 Å². The molecule has 0 aliphatic rings. The third-order valence-corrected chi connectivity index (χ3v) is 4.37. The average Bonchev–Trinajstić information content (AvgIpc) is 2.95. The highest BCUT2D eigenvalue weighted by molar-refractivity contribution is 5.95. The number of hydrogen-bond donors (Lipinski definition) is 0. The highest BCUT2D eigenvalue weighted by Crippen LogP contribution is 2.17. The molecule has 1 aromatic carbocycles. The van der Waals surface area contributed by atoms with E-state index in [1.807, 2.05) is 37.3 Å². The second-order valence-electron chi connectivity index (χ2n) is 6.53. The van der Waals surface area contributed by atoms with Gasteiger partial charge in [-0.25, -0.2) is 9.78 Å². The van der Waals surface area contributed by atoms with Crippen LogP contribution in [0.1, 0.15) is 28.5 Å². The van der Waals surface area contributed by atoms with Crippen molar-refractivity contribution in [3.8, 4) is 0 Å². The lowest BCUT2D eigenvalue weighted by Crippen LogP contribution is -2.37. The second-order valence-corrected chi connectivity index (χ2v) is 6.53. The number of pyridine rings is 1. The molecule has 2 aromatic heterocycles. The van der Waals surface area contributed by atoms with Crippen LogP contribution in [0.4, 0.5) is 0 Å². The average molecular weight is 366 g/mol. The first kappa shape index (κ1) is 18.6. The molecule has 0 aliphatic carbocycles. The van der Waals surface area contributed by atoms with E-state index >= 15 is 0 Å². The van der Waals surface area contributed by atoms with Crippen LogP contribution in [0.25, 0.3) is 11.0 Å². The molecular formula is C20H22N4O3. The molecule has 27 heavy (non-hydrogen) atoms. The van der Waals surface area contributed by atoms with Crippen LogP contribution in [-0.2, 0) is 23.1 Å². The van der Waals surface area contributed by atoms with Gasteiger partial charge < -0.3 is 9.64 Å². The predicted octanol–water partition coefficient (Wildman–Crippen LogP) is 2.48. The van der Waals surface area contributed by atoms with Crippen LogP contribution in [0, 0.1) is 6.92 Å². The molecule has 3 aromatic rings. The molecule has 140 valence electrons. The number of likely N-dealkylation sites (N-methyl/N-ethyl adjacent to an activating group) is 1. The van der Waals surface area contributed by atoms with Gasteiger partial charge in [0.2, 0.25) is 0 Å². The van der Waals surface area contributed by atoms with E-state index in [4.69, 9.17) is 4.74 Å². The molecule has 1 atom stereocenters. The summed E-state index contributed by atoms with van der Waals surface area (Å²) in [6.07, 6.45) is 0.549. The summed E-state index contributed by atoms with van der Waals surface area (Å²) in [7, 11) is 3.48. The van der Waals surface area contributed by atoms with Crippen molar-refractivity contribution in [3.63, 3.8) is 0 Å². The van der Waals surface area contributed by atoms with Crippen LogP contribution in [0.15, 0.2) is 42.6 Å². The van der Waals surface area contributed by atoms with Gasteiger partial charge >= 0.3 is 5.97 Å². The number of aryl methyl sites for hydroxylation is 2. The van der Waals surface area contributed by atoms with Crippen molar-refractivity contribution < 1.29 is 14.3 Å². The summed E-state index contributed by atoms with van der Waals surface area (Å²) in [6, 6.07) is 11.3. The monoisotopic (exact) mass is 366 g/mol. The summed E-state index contributed by atoms with van der Waals surface area (Å²) in [5.74, 6) is -0.847. The fraction of sp³-hybridized carbons (Fsp3) is 0.300. The third kappa shape index (κ3) is 3.97. The number of fused-ring (bicyclic) bond motifs is 1. The van der Waals surface area contributed by atoms with Crippen molar-refractivity contribution in [1.82, 2.24) is 19.7 Å². The number of esters is 1. The van der Waals surface area contributed by atoms with Crippen molar-refractivity contribution in [1.29, 1.82) is 0 Å². The summed E-state index contributed by atoms with van der Waals surface area (Å²) in [5, 5.41) is 5.07. The van der Waals surface area contributed by atoms with E-state index in [1.54, 1.807) is 36.7 Å². The van der Waals surface area contributed by atoms with E-state index in [0.717, 1.165) is 16.6 Å². The summed E-state index contributed by atoms with van der Waals surface area (Å²) in [5.41, 5.74) is 2.77. The van der Waals surface area contributed by atoms with Crippen molar-refractivity contribution in [2.24, 2.45) is 7.05 Å². The Morgan fingerprint density at radius 3 is 2.67 bits per heavy atom. The minimum atomic E-state index is -0.892. The molecule has 0 spiro atoms. The number of benzene rings is 1. The highest BCUT2D eigenvalue weighted by atomic mass is 16.5. The van der Waals surface area contributed by atoms with E-state index in [-0.39, 0.29) is 5.91 Å². The first-order valence-electron chi connectivity index (χ1n) is 8.66. The fourth-order valence-electron chi connectivity index (χ4n) is 2.94. The summed E-state index contributed by atoms with van der Waals surface area (Å²) < 4.78 is 7.01. The first-order chi connectivity index (χ1) is 12.9. The van der Waals surface area contributed by atoms with Crippen molar-refractivity contribution >= 4 is 22.9 Å². The van der Waals surface area contributed by atoms with Crippen LogP contribution < -0.4 is 0 Å². The predicted molar refractivity (Wildman–Crippen MR) is 101 cm³/mol. The van der Waals surface area contributed by atoms with Crippen molar-refractivity contribution in [2.75, 3.05) is 7.05 Å². The summed E-state index contributed by atoms with van der Waals surface area (Å²) >= 11 is 0. The van der Waals surface area contributed by atoms with Gasteiger partial charge in [-0.15, -0.1) is 0 Å². The topological polar surface area (TPSA) is 77.3 Å². The molecule has 7 nitrogen and oxygen atoms in total. The van der Waals surface area contributed by atoms with Crippen LogP contribution in [0.2, 0.25) is 0 Å². The van der Waals surface area contributed by atoms with E-state index in [1.165, 1.54) is 6.20 Å². The minimum Gasteiger partial charge on any atom is -0.449 e. The number of carbonyl (C=O) groups excluding carboxylic acids is 2. The molecule has 2 heterocycles. The molecule has 0 saturated heterocycles. The highest BCUT2D eigenvalue weighted by Gasteiger charge is 2.23. The largest absolute Gasteiger partial charge is 0.449 e. The molecule has 0 aliphatic heterocycles. The summed E-state index contributed by atoms with van der Waals surface area (Å²) in [4.78, 5) is 30.8. The van der Waals surface area contributed by atoms with Gasteiger partial charge in [-0.2, -0.15) is 5.10 Å². The quantitative estimate of drug-likeness (QED) is 0.648. The van der Waals surface area contributed by atoms with E-state index in [0.29, 0.717) is 17.8 Å². The zero-order valence-electron chi connectivity index (χ0n) is 15.8. The molecular weight excluding hydrogens is 344 g/mol. The van der Waals surface area contributed by atoms with Crippen LogP contribution in [0.5, 0.6) is 0 Å². The maximum atomic E-state index is 12.5. The Balaban J connectivity index is 1.67. The SMILES string of the molecule is Cc1nn(C)c2ncc(C(=O)OC(C)C(=O)N(C)Cc3ccccc3)cc12. The Morgan fingerprint density at radius 1 is 1.26 bits per heavy atom. The van der Waals surface area contributed by atoms with Crippen molar-refractivity contribution in [2.45, 2.75) is 26.5 Å². The Labute approximate surface area is 157 Å². The normalized spacial score (nSPS) is 12.0. The second kappa shape index (κ2) is 7.57. The molecule has 1 amide bonds. The van der Waals surface area contributed by atoms with Crippen molar-refractivity contribution in [3.05, 3.63) is 59.4 Å². The number of hydrogen-bond acceptors (Lipinski definition) is 5. The lowest BCUT2D eigenvalue weighted by atomic mass is 10.2. The number of nitrogens with zero attached hydrogens (tertiary/aromatic N) is 4. The first-order valence-corrected chi connectivity index (χ1v) is 8.66. The third-order valence-electron chi connectivity index (χ3n) is 4.37. The molecule has 0 radical (unpaired) electrons. The van der Waals surface area contributed by atoms with Gasteiger partial charge in [-0.3, -0.25) is 9.48 Å². The Kier molecular flexibility index (Phi) is 5.21. The molecule has 0 bridgehead atoms. The Bertz CT molecular complexity index is 982. The molecule has 3 rings (SSSR count). The number of rotatable bonds is 5. The standard InChI is InChI=1S/C20H22N4O3/c1-13-17-10-16(11-21-18(17)24(4)22-13)20(26)27-14(2)19(25)23(3)12-15-8-6-5-7-9-15/h5-11,14H,12H2,1-4H3. The van der Waals surface area contributed by atoms with E-state index < -0.39 is 12.1 Å². The number of aromatic nitrogens is 3. The zero-order chi connectivity index (χ0) is 19.6. The van der Waals surface area contributed by atoms with Gasteiger partial charge in [-0.05, 0) is 25.5 Å². The van der Waals surface area contributed by atoms with E-state index in [2.05, 4.69) is 10.1 Å². The Hall–Kier alpha value is -3.22. The zero-order valence-corrected chi connectivity index (χ0v) is 15.8. The van der Waals surface area contributed by atoms with Gasteiger partial charge in [0, 0.05) is 32.2 Å². The number of amides is 1. The molecule has 0 N–H and O–H groups in total. The molecule has 7 heteroatoms. The maximum Gasteiger partial charge on any atom is 0.340 e. The van der Waals surface area contributed by atoms with Gasteiger partial charge in [0.1, 0.15) is 0 Å².